The Morgan fingerprint density at radius 2 is 1.76 bits per heavy atom. The van der Waals surface area contributed by atoms with Crippen molar-refractivity contribution in [1.29, 1.82) is 0 Å². The Morgan fingerprint density at radius 3 is 2.30 bits per heavy atom. The molecule has 0 bridgehead atoms. The van der Waals surface area contributed by atoms with Crippen molar-refractivity contribution in [2.45, 2.75) is 81.8 Å². The monoisotopic (exact) mass is 576 g/mol. The molecule has 0 aromatic heterocycles. The van der Waals surface area contributed by atoms with Crippen LogP contribution >= 0.6 is 35.8 Å². The second-order valence-corrected chi connectivity index (χ2v) is 14.5. The average Bonchev–Trinajstić information content (AvgIpc) is 3.08. The van der Waals surface area contributed by atoms with Crippen molar-refractivity contribution in [3.63, 3.8) is 0 Å². The van der Waals surface area contributed by atoms with Gasteiger partial charge in [-0.05, 0) is 49.8 Å². The number of aliphatic hydroxyl groups is 1. The van der Waals surface area contributed by atoms with E-state index in [0.29, 0.717) is 0 Å². The first-order chi connectivity index (χ1) is 16.8. The van der Waals surface area contributed by atoms with Gasteiger partial charge >= 0.3 is 5.97 Å². The first kappa shape index (κ1) is 27.6. The number of ether oxygens (including phenoxy) is 1. The number of alkyl halides is 4. The zero-order valence-corrected chi connectivity index (χ0v) is 23.8. The number of fused-ring (bicyclic) bond motifs is 5. The number of esters is 1. The van der Waals surface area contributed by atoms with Gasteiger partial charge in [-0.3, -0.25) is 14.4 Å². The van der Waals surface area contributed by atoms with E-state index in [2.05, 4.69) is 12.6 Å². The van der Waals surface area contributed by atoms with E-state index in [1.54, 1.807) is 27.7 Å². The quantitative estimate of drug-likeness (QED) is 0.277. The number of ketones is 1. The summed E-state index contributed by atoms with van der Waals surface area (Å²) in [6.45, 7) is 8.37. The number of carbonyl (C=O) groups excluding carboxylic acids is 3. The molecule has 0 radical (unpaired) electrons. The lowest BCUT2D eigenvalue weighted by molar-refractivity contribution is -0.229. The van der Waals surface area contributed by atoms with Gasteiger partial charge in [0.15, 0.2) is 17.1 Å². The lowest BCUT2D eigenvalue weighted by Crippen LogP contribution is -2.70. The molecule has 0 heterocycles. The molecular weight excluding hydrogens is 545 g/mol. The Bertz CT molecular complexity index is 1160. The van der Waals surface area contributed by atoms with E-state index in [4.69, 9.17) is 27.9 Å². The highest BCUT2D eigenvalue weighted by molar-refractivity contribution is 7.96. The van der Waals surface area contributed by atoms with E-state index >= 15 is 8.78 Å². The van der Waals surface area contributed by atoms with Crippen molar-refractivity contribution >= 4 is 52.7 Å². The molecule has 5 rings (SSSR count). The average molecular weight is 578 g/mol. The predicted octanol–water partition coefficient (Wildman–Crippen LogP) is 5.12. The fourth-order valence-electron chi connectivity index (χ4n) is 8.56. The van der Waals surface area contributed by atoms with Crippen LogP contribution in [-0.4, -0.2) is 49.9 Å². The standard InChI is InChI=1S/C27H32Cl2F2O5S/c1-12-8-14-15-10-17(30)16-9-13(32)6-7-23(16,4)25(15,31)18(33)11-24(14,5)26(12,21(35)37)36-20(34)19-22(2,3)27(19,28)29/h6-7,9,12,14-15,17-19,33H,8,10-11H2,1-5H3,(H,35,37)/t12-,14+,15+,17+,18+,19?,23+,24+,25+,26+/m1/s1. The van der Waals surface area contributed by atoms with Crippen LogP contribution in [0.3, 0.4) is 0 Å². The number of thiol groups is 1. The van der Waals surface area contributed by atoms with Gasteiger partial charge in [0.1, 0.15) is 10.5 Å². The van der Waals surface area contributed by atoms with Gasteiger partial charge in [0.25, 0.3) is 0 Å². The molecule has 10 heteroatoms. The number of hydrogen-bond acceptors (Lipinski definition) is 5. The topological polar surface area (TPSA) is 80.7 Å². The molecule has 0 aromatic carbocycles. The molecule has 5 nitrogen and oxygen atoms in total. The number of allylic oxidation sites excluding steroid dienone is 4. The van der Waals surface area contributed by atoms with Crippen LogP contribution in [0.1, 0.15) is 53.9 Å². The number of aliphatic hydroxyl groups excluding tert-OH is 1. The molecule has 204 valence electrons. The molecule has 37 heavy (non-hydrogen) atoms. The molecule has 10 atom stereocenters. The number of halogens is 4. The molecule has 0 aromatic rings. The van der Waals surface area contributed by atoms with Crippen LogP contribution < -0.4 is 0 Å². The molecule has 5 aliphatic carbocycles. The molecule has 1 N–H and O–H groups in total. The van der Waals surface area contributed by atoms with Crippen LogP contribution in [0.25, 0.3) is 0 Å². The molecule has 4 saturated carbocycles. The van der Waals surface area contributed by atoms with Crippen molar-refractivity contribution < 1.29 is 33.0 Å². The van der Waals surface area contributed by atoms with Crippen molar-refractivity contribution in [2.75, 3.05) is 0 Å². The van der Waals surface area contributed by atoms with Crippen molar-refractivity contribution in [2.24, 2.45) is 39.9 Å². The largest absolute Gasteiger partial charge is 0.449 e. The van der Waals surface area contributed by atoms with E-state index in [1.807, 2.05) is 0 Å². The number of hydrogen-bond donors (Lipinski definition) is 2. The highest BCUT2D eigenvalue weighted by Crippen LogP contribution is 2.73. The van der Waals surface area contributed by atoms with Gasteiger partial charge in [-0.1, -0.05) is 33.8 Å². The first-order valence-corrected chi connectivity index (χ1v) is 13.8. The molecule has 4 fully saturated rings. The molecule has 0 aliphatic heterocycles. The van der Waals surface area contributed by atoms with Gasteiger partial charge in [0.05, 0.1) is 12.0 Å². The van der Waals surface area contributed by atoms with Gasteiger partial charge in [0.2, 0.25) is 5.12 Å². The minimum Gasteiger partial charge on any atom is -0.449 e. The highest BCUT2D eigenvalue weighted by atomic mass is 35.5. The van der Waals surface area contributed by atoms with E-state index in [0.717, 1.165) is 6.08 Å². The van der Waals surface area contributed by atoms with Crippen LogP contribution in [0.2, 0.25) is 0 Å². The second-order valence-electron chi connectivity index (χ2n) is 12.7. The van der Waals surface area contributed by atoms with Crippen LogP contribution in [0, 0.1) is 39.9 Å². The third-order valence-electron chi connectivity index (χ3n) is 10.8. The molecule has 0 saturated heterocycles. The van der Waals surface area contributed by atoms with E-state index < -0.39 is 84.7 Å². The zero-order chi connectivity index (χ0) is 27.7. The molecular formula is C27H32Cl2F2O5S. The minimum atomic E-state index is -2.30. The molecule has 0 spiro atoms. The molecule has 1 unspecified atom stereocenters. The summed E-state index contributed by atoms with van der Waals surface area (Å²) in [5.74, 6) is -4.30. The zero-order valence-electron chi connectivity index (χ0n) is 21.4. The van der Waals surface area contributed by atoms with Crippen molar-refractivity contribution in [3.05, 3.63) is 23.8 Å². The summed E-state index contributed by atoms with van der Waals surface area (Å²) >= 11 is 16.8. The van der Waals surface area contributed by atoms with E-state index in [9.17, 15) is 19.5 Å². The SMILES string of the molecule is C[C@@H]1C[C@H]2[C@@H]3C[C@H](F)C4=CC(=O)C=C[C@]4(C)[C@@]3(F)[C@@H](O)C[C@]2(C)[C@@]1(OC(=O)C1C(C)(C)C1(Cl)Cl)C(=O)S. The maximum absolute atomic E-state index is 17.4. The predicted molar refractivity (Wildman–Crippen MR) is 138 cm³/mol. The van der Waals surface area contributed by atoms with Gasteiger partial charge in [-0.2, -0.15) is 0 Å². The number of carbonyl (C=O) groups is 3. The first-order valence-electron chi connectivity index (χ1n) is 12.6. The fourth-order valence-corrected chi connectivity index (χ4v) is 9.91. The second kappa shape index (κ2) is 7.82. The molecule has 5 aliphatic rings. The van der Waals surface area contributed by atoms with Gasteiger partial charge < -0.3 is 9.84 Å². The maximum Gasteiger partial charge on any atom is 0.313 e. The minimum absolute atomic E-state index is 0.0203. The normalized spacial score (nSPS) is 50.9. The fraction of sp³-hybridized carbons (Fsp3) is 0.741. The Hall–Kier alpha value is -0.960. The maximum atomic E-state index is 17.4. The number of rotatable bonds is 3. The Morgan fingerprint density at radius 1 is 1.16 bits per heavy atom. The van der Waals surface area contributed by atoms with Crippen LogP contribution in [-0.2, 0) is 19.1 Å². The van der Waals surface area contributed by atoms with Crippen LogP contribution in [0.15, 0.2) is 23.8 Å². The molecule has 0 amide bonds. The van der Waals surface area contributed by atoms with Gasteiger partial charge in [-0.15, -0.1) is 35.8 Å². The van der Waals surface area contributed by atoms with Crippen LogP contribution in [0.4, 0.5) is 8.78 Å². The van der Waals surface area contributed by atoms with Gasteiger partial charge in [0, 0.05) is 28.1 Å². The summed E-state index contributed by atoms with van der Waals surface area (Å²) in [5.41, 5.74) is -7.66. The summed E-state index contributed by atoms with van der Waals surface area (Å²) in [4.78, 5) is 38.7. The van der Waals surface area contributed by atoms with E-state index in [-0.39, 0.29) is 24.8 Å². The Balaban J connectivity index is 1.59. The summed E-state index contributed by atoms with van der Waals surface area (Å²) in [6, 6.07) is 0. The highest BCUT2D eigenvalue weighted by Gasteiger charge is 2.80. The summed E-state index contributed by atoms with van der Waals surface area (Å²) in [7, 11) is 0. The summed E-state index contributed by atoms with van der Waals surface area (Å²) in [6.07, 6.45) is 0.222. The third kappa shape index (κ3) is 3.05. The van der Waals surface area contributed by atoms with Crippen LogP contribution in [0.5, 0.6) is 0 Å². The lowest BCUT2D eigenvalue weighted by Gasteiger charge is -2.63. The summed E-state index contributed by atoms with van der Waals surface area (Å²) in [5, 5.41) is 10.8. The Kier molecular flexibility index (Phi) is 5.84. The van der Waals surface area contributed by atoms with Crippen molar-refractivity contribution in [3.8, 4) is 0 Å². The Labute approximate surface area is 230 Å². The summed E-state index contributed by atoms with van der Waals surface area (Å²) < 4.78 is 37.7. The van der Waals surface area contributed by atoms with Crippen molar-refractivity contribution in [1.82, 2.24) is 0 Å². The smallest absolute Gasteiger partial charge is 0.313 e. The van der Waals surface area contributed by atoms with E-state index in [1.165, 1.54) is 19.1 Å². The lowest BCUT2D eigenvalue weighted by atomic mass is 9.44. The third-order valence-corrected chi connectivity index (χ3v) is 12.6. The van der Waals surface area contributed by atoms with Gasteiger partial charge in [-0.25, -0.2) is 8.78 Å².